The van der Waals surface area contributed by atoms with E-state index in [1.165, 1.54) is 45.2 Å². The molecule has 2 unspecified atom stereocenters. The first-order valence-electron chi connectivity index (χ1n) is 6.02. The fourth-order valence-corrected chi connectivity index (χ4v) is 2.24. The summed E-state index contributed by atoms with van der Waals surface area (Å²) < 4.78 is 0. The maximum Gasteiger partial charge on any atom is 0.00931 e. The molecule has 0 aromatic carbocycles. The molecule has 13 heavy (non-hydrogen) atoms. The molecule has 1 fully saturated rings. The Morgan fingerprint density at radius 1 is 1.38 bits per heavy atom. The lowest BCUT2D eigenvalue weighted by Crippen LogP contribution is -2.30. The van der Waals surface area contributed by atoms with Crippen LogP contribution in [0.1, 0.15) is 52.9 Å². The second kappa shape index (κ2) is 5.64. The Balaban J connectivity index is 2.19. The third-order valence-corrected chi connectivity index (χ3v) is 3.58. The van der Waals surface area contributed by atoms with Crippen molar-refractivity contribution in [2.75, 3.05) is 13.1 Å². The Kier molecular flexibility index (Phi) is 4.79. The van der Waals surface area contributed by atoms with Crippen molar-refractivity contribution < 1.29 is 0 Å². The molecule has 1 rings (SSSR count). The van der Waals surface area contributed by atoms with Gasteiger partial charge in [0.05, 0.1) is 0 Å². The van der Waals surface area contributed by atoms with Crippen LogP contribution in [0.5, 0.6) is 0 Å². The quantitative estimate of drug-likeness (QED) is 0.632. The van der Waals surface area contributed by atoms with Crippen molar-refractivity contribution in [1.82, 2.24) is 4.90 Å². The Labute approximate surface area is 83.5 Å². The Morgan fingerprint density at radius 2 is 2.15 bits per heavy atom. The molecule has 1 heterocycles. The second-order valence-electron chi connectivity index (χ2n) is 4.54. The van der Waals surface area contributed by atoms with Gasteiger partial charge in [0.25, 0.3) is 0 Å². The van der Waals surface area contributed by atoms with E-state index in [1.54, 1.807) is 0 Å². The summed E-state index contributed by atoms with van der Waals surface area (Å²) in [6.07, 6.45) is 6.95. The van der Waals surface area contributed by atoms with E-state index >= 15 is 0 Å². The van der Waals surface area contributed by atoms with Gasteiger partial charge in [-0.1, -0.05) is 27.2 Å². The lowest BCUT2D eigenvalue weighted by molar-refractivity contribution is 0.231. The Hall–Kier alpha value is -0.0400. The molecule has 0 bridgehead atoms. The Morgan fingerprint density at radius 3 is 2.77 bits per heavy atom. The first-order valence-corrected chi connectivity index (χ1v) is 6.02. The highest BCUT2D eigenvalue weighted by molar-refractivity contribution is 4.77. The number of likely N-dealkylation sites (tertiary alicyclic amines) is 1. The molecular formula is C12H25N. The van der Waals surface area contributed by atoms with Crippen molar-refractivity contribution in [1.29, 1.82) is 0 Å². The fourth-order valence-electron chi connectivity index (χ4n) is 2.24. The van der Waals surface area contributed by atoms with Crippen LogP contribution in [0.25, 0.3) is 0 Å². The summed E-state index contributed by atoms with van der Waals surface area (Å²) in [7, 11) is 0. The molecule has 2 atom stereocenters. The largest absolute Gasteiger partial charge is 0.300 e. The molecule has 0 amide bonds. The standard InChI is InChI=1S/C12H25N/c1-4-11(3)8-10-13-9-6-7-12(13)5-2/h11-12H,4-10H2,1-3H3. The summed E-state index contributed by atoms with van der Waals surface area (Å²) in [5.41, 5.74) is 0. The van der Waals surface area contributed by atoms with Crippen LogP contribution in [-0.2, 0) is 0 Å². The highest BCUT2D eigenvalue weighted by Gasteiger charge is 2.22. The average molecular weight is 183 g/mol. The zero-order valence-corrected chi connectivity index (χ0v) is 9.55. The van der Waals surface area contributed by atoms with Gasteiger partial charge in [-0.3, -0.25) is 0 Å². The van der Waals surface area contributed by atoms with Crippen LogP contribution < -0.4 is 0 Å². The van der Waals surface area contributed by atoms with E-state index in [4.69, 9.17) is 0 Å². The summed E-state index contributed by atoms with van der Waals surface area (Å²) in [6.45, 7) is 9.69. The minimum Gasteiger partial charge on any atom is -0.300 e. The van der Waals surface area contributed by atoms with E-state index in [0.717, 1.165) is 12.0 Å². The molecule has 1 heteroatoms. The first-order chi connectivity index (χ1) is 6.27. The van der Waals surface area contributed by atoms with Gasteiger partial charge in [0.15, 0.2) is 0 Å². The second-order valence-corrected chi connectivity index (χ2v) is 4.54. The summed E-state index contributed by atoms with van der Waals surface area (Å²) in [4.78, 5) is 2.70. The number of hydrogen-bond donors (Lipinski definition) is 0. The molecule has 0 aromatic heterocycles. The van der Waals surface area contributed by atoms with Gasteiger partial charge in [-0.05, 0) is 44.7 Å². The van der Waals surface area contributed by atoms with Crippen molar-refractivity contribution in [3.8, 4) is 0 Å². The Bertz CT molecular complexity index is 133. The molecule has 1 aliphatic heterocycles. The van der Waals surface area contributed by atoms with Crippen LogP contribution in [-0.4, -0.2) is 24.0 Å². The monoisotopic (exact) mass is 183 g/mol. The summed E-state index contributed by atoms with van der Waals surface area (Å²) in [6, 6.07) is 0.907. The van der Waals surface area contributed by atoms with Gasteiger partial charge in [0, 0.05) is 6.04 Å². The van der Waals surface area contributed by atoms with Crippen LogP contribution in [0.4, 0.5) is 0 Å². The van der Waals surface area contributed by atoms with Gasteiger partial charge < -0.3 is 4.90 Å². The SMILES string of the molecule is CCC(C)CCN1CCCC1CC. The van der Waals surface area contributed by atoms with Gasteiger partial charge in [-0.25, -0.2) is 0 Å². The summed E-state index contributed by atoms with van der Waals surface area (Å²) >= 11 is 0. The van der Waals surface area contributed by atoms with Crippen molar-refractivity contribution in [3.05, 3.63) is 0 Å². The molecule has 1 nitrogen and oxygen atoms in total. The maximum atomic E-state index is 2.70. The lowest BCUT2D eigenvalue weighted by atomic mass is 10.0. The molecule has 0 aliphatic carbocycles. The van der Waals surface area contributed by atoms with Gasteiger partial charge in [0.2, 0.25) is 0 Å². The van der Waals surface area contributed by atoms with Crippen LogP contribution in [0.15, 0.2) is 0 Å². The van der Waals surface area contributed by atoms with Crippen molar-refractivity contribution in [2.45, 2.75) is 58.9 Å². The topological polar surface area (TPSA) is 3.24 Å². The number of hydrogen-bond acceptors (Lipinski definition) is 1. The average Bonchev–Trinajstić information content (AvgIpc) is 2.61. The molecule has 0 saturated carbocycles. The molecule has 0 aromatic rings. The predicted molar refractivity (Wildman–Crippen MR) is 59.0 cm³/mol. The number of nitrogens with zero attached hydrogens (tertiary/aromatic N) is 1. The van der Waals surface area contributed by atoms with Crippen LogP contribution in [0, 0.1) is 5.92 Å². The lowest BCUT2D eigenvalue weighted by Gasteiger charge is -2.24. The normalized spacial score (nSPS) is 26.5. The van der Waals surface area contributed by atoms with E-state index in [2.05, 4.69) is 25.7 Å². The molecule has 0 radical (unpaired) electrons. The van der Waals surface area contributed by atoms with Crippen LogP contribution >= 0.6 is 0 Å². The van der Waals surface area contributed by atoms with Crippen molar-refractivity contribution in [3.63, 3.8) is 0 Å². The molecule has 1 aliphatic rings. The highest BCUT2D eigenvalue weighted by Crippen LogP contribution is 2.21. The van der Waals surface area contributed by atoms with E-state index in [9.17, 15) is 0 Å². The van der Waals surface area contributed by atoms with Gasteiger partial charge in [-0.2, -0.15) is 0 Å². The molecule has 0 N–H and O–H groups in total. The smallest absolute Gasteiger partial charge is 0.00931 e. The van der Waals surface area contributed by atoms with E-state index in [-0.39, 0.29) is 0 Å². The summed E-state index contributed by atoms with van der Waals surface area (Å²) in [5, 5.41) is 0. The molecule has 0 spiro atoms. The molecule has 1 saturated heterocycles. The van der Waals surface area contributed by atoms with Crippen molar-refractivity contribution in [2.24, 2.45) is 5.92 Å². The predicted octanol–water partition coefficient (Wildman–Crippen LogP) is 3.30. The fraction of sp³-hybridized carbons (Fsp3) is 1.00. The third-order valence-electron chi connectivity index (χ3n) is 3.58. The highest BCUT2D eigenvalue weighted by atomic mass is 15.2. The first kappa shape index (κ1) is 11.0. The summed E-state index contributed by atoms with van der Waals surface area (Å²) in [5.74, 6) is 0.915. The van der Waals surface area contributed by atoms with Crippen LogP contribution in [0.2, 0.25) is 0 Å². The van der Waals surface area contributed by atoms with E-state index in [1.807, 2.05) is 0 Å². The van der Waals surface area contributed by atoms with Gasteiger partial charge in [0.1, 0.15) is 0 Å². The third kappa shape index (κ3) is 3.30. The van der Waals surface area contributed by atoms with E-state index in [0.29, 0.717) is 0 Å². The van der Waals surface area contributed by atoms with E-state index < -0.39 is 0 Å². The van der Waals surface area contributed by atoms with Gasteiger partial charge >= 0.3 is 0 Å². The minimum absolute atomic E-state index is 0.907. The maximum absolute atomic E-state index is 2.70. The van der Waals surface area contributed by atoms with Crippen molar-refractivity contribution >= 4 is 0 Å². The number of rotatable bonds is 5. The minimum atomic E-state index is 0.907. The zero-order chi connectivity index (χ0) is 9.68. The molecule has 78 valence electrons. The molecular weight excluding hydrogens is 158 g/mol. The zero-order valence-electron chi connectivity index (χ0n) is 9.55. The van der Waals surface area contributed by atoms with Gasteiger partial charge in [-0.15, -0.1) is 0 Å². The van der Waals surface area contributed by atoms with Crippen LogP contribution in [0.3, 0.4) is 0 Å².